The van der Waals surface area contributed by atoms with Gasteiger partial charge in [0.1, 0.15) is 11.9 Å². The maximum Gasteiger partial charge on any atom is 0.249 e. The van der Waals surface area contributed by atoms with E-state index in [0.717, 1.165) is 11.1 Å². The zero-order chi connectivity index (χ0) is 23.2. The van der Waals surface area contributed by atoms with Crippen LogP contribution in [0.15, 0.2) is 71.1 Å². The first-order valence-electron chi connectivity index (χ1n) is 10.4. The van der Waals surface area contributed by atoms with E-state index in [1.54, 1.807) is 32.4 Å². The summed E-state index contributed by atoms with van der Waals surface area (Å²) < 4.78 is 30.2. The number of ether oxygens (including phenoxy) is 2. The molecule has 6 nitrogen and oxygen atoms in total. The predicted molar refractivity (Wildman–Crippen MR) is 124 cm³/mol. The maximum atomic E-state index is 13.5. The molecule has 1 aromatic heterocycles. The lowest BCUT2D eigenvalue weighted by Crippen LogP contribution is -2.25. The van der Waals surface area contributed by atoms with Crippen molar-refractivity contribution in [3.8, 4) is 23.0 Å². The minimum absolute atomic E-state index is 0.315. The first kappa shape index (κ1) is 22.8. The molecule has 1 N–H and O–H groups in total. The third-order valence-corrected chi connectivity index (χ3v) is 5.53. The van der Waals surface area contributed by atoms with Crippen LogP contribution in [-0.2, 0) is 6.42 Å². The van der Waals surface area contributed by atoms with Crippen molar-refractivity contribution in [1.82, 2.24) is 15.5 Å². The third kappa shape index (κ3) is 5.32. The number of rotatable bonds is 9. The molecule has 0 saturated heterocycles. The van der Waals surface area contributed by atoms with Crippen LogP contribution in [0.2, 0.25) is 5.02 Å². The standard InChI is InChI=1S/C25H23ClFN3O3/c1-31-21-12-7-16(15-22(21)32-2)13-14-28-23(17-8-10-18(27)11-9-17)25-30-29-24(33-25)19-5-3-4-6-20(19)26/h3-12,15,23,28H,13-14H2,1-2H3/t23-/m1/s1. The molecule has 0 aliphatic carbocycles. The lowest BCUT2D eigenvalue weighted by atomic mass is 10.1. The van der Waals surface area contributed by atoms with Crippen LogP contribution in [0.1, 0.15) is 23.1 Å². The SMILES string of the molecule is COc1ccc(CCN[C@H](c2ccc(F)cc2)c2nnc(-c3ccccc3Cl)o2)cc1OC. The van der Waals surface area contributed by atoms with Gasteiger partial charge in [-0.3, -0.25) is 0 Å². The smallest absolute Gasteiger partial charge is 0.249 e. The Kier molecular flexibility index (Phi) is 7.22. The van der Waals surface area contributed by atoms with Crippen LogP contribution in [-0.4, -0.2) is 31.0 Å². The Morgan fingerprint density at radius 2 is 1.73 bits per heavy atom. The van der Waals surface area contributed by atoms with Crippen molar-refractivity contribution in [3.05, 3.63) is 94.6 Å². The van der Waals surface area contributed by atoms with Crippen LogP contribution < -0.4 is 14.8 Å². The number of hydrogen-bond donors (Lipinski definition) is 1. The zero-order valence-electron chi connectivity index (χ0n) is 18.2. The Bertz CT molecular complexity index is 1210. The molecule has 0 aliphatic rings. The third-order valence-electron chi connectivity index (χ3n) is 5.21. The van der Waals surface area contributed by atoms with Crippen LogP contribution >= 0.6 is 11.6 Å². The van der Waals surface area contributed by atoms with Crippen LogP contribution in [0.5, 0.6) is 11.5 Å². The molecular weight excluding hydrogens is 445 g/mol. The summed E-state index contributed by atoms with van der Waals surface area (Å²) in [5, 5.41) is 12.4. The van der Waals surface area contributed by atoms with Gasteiger partial charge < -0.3 is 19.2 Å². The fourth-order valence-corrected chi connectivity index (χ4v) is 3.71. The van der Waals surface area contributed by atoms with Gasteiger partial charge in [0.15, 0.2) is 11.5 Å². The fraction of sp³-hybridized carbons (Fsp3) is 0.200. The normalized spacial score (nSPS) is 11.9. The van der Waals surface area contributed by atoms with Gasteiger partial charge in [0.05, 0.1) is 24.8 Å². The molecule has 170 valence electrons. The Morgan fingerprint density at radius 3 is 2.45 bits per heavy atom. The zero-order valence-corrected chi connectivity index (χ0v) is 19.0. The van der Waals surface area contributed by atoms with Gasteiger partial charge >= 0.3 is 0 Å². The molecule has 0 unspecified atom stereocenters. The maximum absolute atomic E-state index is 13.5. The van der Waals surface area contributed by atoms with Gasteiger partial charge in [0.2, 0.25) is 11.8 Å². The average molecular weight is 468 g/mol. The number of hydrogen-bond acceptors (Lipinski definition) is 6. The first-order chi connectivity index (χ1) is 16.1. The van der Waals surface area contributed by atoms with Gasteiger partial charge in [0, 0.05) is 6.54 Å². The number of benzene rings is 3. The molecule has 0 bridgehead atoms. The molecule has 0 saturated carbocycles. The lowest BCUT2D eigenvalue weighted by Gasteiger charge is -2.16. The highest BCUT2D eigenvalue weighted by Crippen LogP contribution is 2.30. The van der Waals surface area contributed by atoms with Gasteiger partial charge in [-0.2, -0.15) is 0 Å². The van der Waals surface area contributed by atoms with E-state index in [2.05, 4.69) is 15.5 Å². The van der Waals surface area contributed by atoms with Crippen molar-refractivity contribution in [3.63, 3.8) is 0 Å². The summed E-state index contributed by atoms with van der Waals surface area (Å²) in [6.45, 7) is 0.599. The quantitative estimate of drug-likeness (QED) is 0.352. The highest BCUT2D eigenvalue weighted by Gasteiger charge is 2.22. The predicted octanol–water partition coefficient (Wildman–Crippen LogP) is 5.47. The summed E-state index contributed by atoms with van der Waals surface area (Å²) in [5.74, 6) is 1.72. The van der Waals surface area contributed by atoms with E-state index in [4.69, 9.17) is 25.5 Å². The number of halogens is 2. The molecule has 0 aliphatic heterocycles. The second-order valence-corrected chi connectivity index (χ2v) is 7.71. The van der Waals surface area contributed by atoms with Gasteiger partial charge in [-0.25, -0.2) is 4.39 Å². The van der Waals surface area contributed by atoms with E-state index in [1.165, 1.54) is 12.1 Å². The van der Waals surface area contributed by atoms with Gasteiger partial charge in [-0.1, -0.05) is 41.9 Å². The highest BCUT2D eigenvalue weighted by molar-refractivity contribution is 6.33. The molecule has 8 heteroatoms. The van der Waals surface area contributed by atoms with Gasteiger partial charge in [-0.15, -0.1) is 10.2 Å². The molecule has 0 fully saturated rings. The highest BCUT2D eigenvalue weighted by atomic mass is 35.5. The monoisotopic (exact) mass is 467 g/mol. The van der Waals surface area contributed by atoms with Crippen LogP contribution in [0, 0.1) is 5.82 Å². The van der Waals surface area contributed by atoms with Crippen molar-refractivity contribution in [1.29, 1.82) is 0 Å². The van der Waals surface area contributed by atoms with Crippen molar-refractivity contribution < 1.29 is 18.3 Å². The molecule has 3 aromatic carbocycles. The van der Waals surface area contributed by atoms with Crippen molar-refractivity contribution in [2.75, 3.05) is 20.8 Å². The van der Waals surface area contributed by atoms with E-state index in [1.807, 2.05) is 36.4 Å². The molecule has 1 heterocycles. The summed E-state index contributed by atoms with van der Waals surface area (Å²) in [6.07, 6.45) is 0.712. The van der Waals surface area contributed by atoms with Crippen molar-refractivity contribution >= 4 is 11.6 Å². The van der Waals surface area contributed by atoms with Crippen LogP contribution in [0.3, 0.4) is 0 Å². The van der Waals surface area contributed by atoms with E-state index in [-0.39, 0.29) is 5.82 Å². The fourth-order valence-electron chi connectivity index (χ4n) is 3.49. The number of methoxy groups -OCH3 is 2. The summed E-state index contributed by atoms with van der Waals surface area (Å²) in [7, 11) is 3.21. The molecule has 0 spiro atoms. The van der Waals surface area contributed by atoms with E-state index in [0.29, 0.717) is 46.8 Å². The second-order valence-electron chi connectivity index (χ2n) is 7.30. The number of aromatic nitrogens is 2. The Balaban J connectivity index is 1.55. The van der Waals surface area contributed by atoms with E-state index < -0.39 is 6.04 Å². The molecule has 4 aromatic rings. The number of nitrogens with one attached hydrogen (secondary N) is 1. The Hall–Kier alpha value is -3.42. The van der Waals surface area contributed by atoms with Gasteiger partial charge in [0.25, 0.3) is 0 Å². The Morgan fingerprint density at radius 1 is 0.970 bits per heavy atom. The topological polar surface area (TPSA) is 69.4 Å². The van der Waals surface area contributed by atoms with Gasteiger partial charge in [-0.05, 0) is 53.9 Å². The van der Waals surface area contributed by atoms with Crippen LogP contribution in [0.4, 0.5) is 4.39 Å². The molecule has 0 radical (unpaired) electrons. The largest absolute Gasteiger partial charge is 0.493 e. The summed E-state index contributed by atoms with van der Waals surface area (Å²) in [6, 6.07) is 18.8. The molecule has 4 rings (SSSR count). The van der Waals surface area contributed by atoms with Crippen molar-refractivity contribution in [2.45, 2.75) is 12.5 Å². The number of nitrogens with zero attached hydrogens (tertiary/aromatic N) is 2. The minimum Gasteiger partial charge on any atom is -0.493 e. The van der Waals surface area contributed by atoms with E-state index in [9.17, 15) is 4.39 Å². The minimum atomic E-state index is -0.422. The second kappa shape index (κ2) is 10.5. The summed E-state index contributed by atoms with van der Waals surface area (Å²) in [5.41, 5.74) is 2.53. The lowest BCUT2D eigenvalue weighted by molar-refractivity contribution is 0.354. The average Bonchev–Trinajstić information content (AvgIpc) is 3.32. The van der Waals surface area contributed by atoms with Crippen molar-refractivity contribution in [2.24, 2.45) is 0 Å². The van der Waals surface area contributed by atoms with E-state index >= 15 is 0 Å². The Labute approximate surface area is 196 Å². The molecular formula is C25H23ClFN3O3. The molecule has 1 atom stereocenters. The first-order valence-corrected chi connectivity index (χ1v) is 10.7. The summed E-state index contributed by atoms with van der Waals surface area (Å²) in [4.78, 5) is 0. The molecule has 0 amide bonds. The summed E-state index contributed by atoms with van der Waals surface area (Å²) >= 11 is 6.28. The molecule has 33 heavy (non-hydrogen) atoms. The van der Waals surface area contributed by atoms with Crippen LogP contribution in [0.25, 0.3) is 11.5 Å².